The zero-order valence-corrected chi connectivity index (χ0v) is 11.6. The molecule has 0 aromatic heterocycles. The number of piperidine rings is 1. The summed E-state index contributed by atoms with van der Waals surface area (Å²) in [7, 11) is 0. The highest BCUT2D eigenvalue weighted by Crippen LogP contribution is 2.24. The Morgan fingerprint density at radius 1 is 1.50 bits per heavy atom. The number of benzene rings is 1. The monoisotopic (exact) mass is 280 g/mol. The minimum absolute atomic E-state index is 0.118. The van der Waals surface area contributed by atoms with Gasteiger partial charge in [-0.1, -0.05) is 6.92 Å². The summed E-state index contributed by atoms with van der Waals surface area (Å²) in [6, 6.07) is 2.18. The van der Waals surface area contributed by atoms with E-state index in [-0.39, 0.29) is 16.8 Å². The number of nitrogens with zero attached hydrogens (tertiary/aromatic N) is 2. The lowest BCUT2D eigenvalue weighted by Gasteiger charge is -2.31. The molecule has 0 radical (unpaired) electrons. The lowest BCUT2D eigenvalue weighted by Crippen LogP contribution is -2.39. The van der Waals surface area contributed by atoms with Crippen molar-refractivity contribution in [3.05, 3.63) is 39.2 Å². The van der Waals surface area contributed by atoms with Gasteiger partial charge in [-0.25, -0.2) is 4.39 Å². The third-order valence-electron chi connectivity index (χ3n) is 3.62. The van der Waals surface area contributed by atoms with E-state index >= 15 is 0 Å². The lowest BCUT2D eigenvalue weighted by molar-refractivity contribution is -0.385. The van der Waals surface area contributed by atoms with Crippen molar-refractivity contribution in [2.24, 2.45) is 5.92 Å². The number of halogens is 1. The molecule has 0 N–H and O–H groups in total. The number of nitro benzene ring substituents is 1. The molecule has 20 heavy (non-hydrogen) atoms. The van der Waals surface area contributed by atoms with Crippen LogP contribution in [0.5, 0.6) is 0 Å². The molecule has 2 rings (SSSR count). The molecule has 1 atom stereocenters. The van der Waals surface area contributed by atoms with Gasteiger partial charge in [0.15, 0.2) is 0 Å². The smallest absolute Gasteiger partial charge is 0.270 e. The highest BCUT2D eigenvalue weighted by Gasteiger charge is 2.26. The first-order valence-corrected chi connectivity index (χ1v) is 6.64. The molecule has 0 saturated carbocycles. The summed E-state index contributed by atoms with van der Waals surface area (Å²) in [5, 5.41) is 10.8. The Kier molecular flexibility index (Phi) is 4.01. The summed E-state index contributed by atoms with van der Waals surface area (Å²) in [6.07, 6.45) is 1.92. The van der Waals surface area contributed by atoms with Crippen molar-refractivity contribution in [2.45, 2.75) is 26.7 Å². The molecule has 1 amide bonds. The second-order valence-electron chi connectivity index (χ2n) is 5.38. The molecule has 1 aliphatic heterocycles. The zero-order valence-electron chi connectivity index (χ0n) is 11.6. The number of aryl methyl sites for hydroxylation is 1. The molecule has 0 aliphatic carbocycles. The van der Waals surface area contributed by atoms with E-state index in [1.54, 1.807) is 4.90 Å². The number of hydrogen-bond acceptors (Lipinski definition) is 3. The Balaban J connectivity index is 2.35. The maximum absolute atomic E-state index is 14.1. The normalized spacial score (nSPS) is 18.9. The van der Waals surface area contributed by atoms with Crippen LogP contribution in [0.4, 0.5) is 10.1 Å². The van der Waals surface area contributed by atoms with Crippen molar-refractivity contribution in [3.8, 4) is 0 Å². The molecule has 1 saturated heterocycles. The molecule has 0 bridgehead atoms. The fourth-order valence-electron chi connectivity index (χ4n) is 2.56. The van der Waals surface area contributed by atoms with Crippen LogP contribution in [0, 0.1) is 28.8 Å². The highest BCUT2D eigenvalue weighted by atomic mass is 19.1. The van der Waals surface area contributed by atoms with E-state index in [2.05, 4.69) is 0 Å². The maximum Gasteiger partial charge on any atom is 0.270 e. The van der Waals surface area contributed by atoms with E-state index in [1.165, 1.54) is 6.92 Å². The average molecular weight is 280 g/mol. The van der Waals surface area contributed by atoms with Gasteiger partial charge >= 0.3 is 0 Å². The Labute approximate surface area is 116 Å². The van der Waals surface area contributed by atoms with Gasteiger partial charge in [-0.15, -0.1) is 0 Å². The summed E-state index contributed by atoms with van der Waals surface area (Å²) in [4.78, 5) is 24.2. The van der Waals surface area contributed by atoms with E-state index in [1.807, 2.05) is 6.92 Å². The lowest BCUT2D eigenvalue weighted by atomic mass is 9.99. The van der Waals surface area contributed by atoms with Crippen molar-refractivity contribution in [2.75, 3.05) is 13.1 Å². The summed E-state index contributed by atoms with van der Waals surface area (Å²) < 4.78 is 14.1. The molecule has 1 aliphatic rings. The first-order chi connectivity index (χ1) is 9.40. The minimum Gasteiger partial charge on any atom is -0.338 e. The SMILES string of the molecule is Cc1cc([N+](=O)[O-])cc(C(=O)N2CCCC(C)C2)c1F. The summed E-state index contributed by atoms with van der Waals surface area (Å²) >= 11 is 0. The predicted molar refractivity (Wildman–Crippen MR) is 72.1 cm³/mol. The van der Waals surface area contributed by atoms with Crippen LogP contribution in [-0.2, 0) is 0 Å². The Bertz CT molecular complexity index is 560. The van der Waals surface area contributed by atoms with Crippen LogP contribution in [-0.4, -0.2) is 28.8 Å². The van der Waals surface area contributed by atoms with E-state index in [0.29, 0.717) is 19.0 Å². The van der Waals surface area contributed by atoms with Crippen LogP contribution in [0.3, 0.4) is 0 Å². The largest absolute Gasteiger partial charge is 0.338 e. The molecule has 6 heteroatoms. The summed E-state index contributed by atoms with van der Waals surface area (Å²) in [6.45, 7) is 4.61. The number of nitro groups is 1. The molecule has 108 valence electrons. The van der Waals surface area contributed by atoms with E-state index in [9.17, 15) is 19.3 Å². The zero-order chi connectivity index (χ0) is 14.9. The number of carbonyl (C=O) groups excluding carboxylic acids is 1. The van der Waals surface area contributed by atoms with Crippen molar-refractivity contribution in [3.63, 3.8) is 0 Å². The van der Waals surface area contributed by atoms with Crippen molar-refractivity contribution < 1.29 is 14.1 Å². The van der Waals surface area contributed by atoms with Gasteiger partial charge in [0, 0.05) is 25.2 Å². The molecular formula is C14H17FN2O3. The quantitative estimate of drug-likeness (QED) is 0.618. The molecule has 1 heterocycles. The highest BCUT2D eigenvalue weighted by molar-refractivity contribution is 5.95. The van der Waals surface area contributed by atoms with Crippen molar-refractivity contribution in [1.82, 2.24) is 4.90 Å². The number of non-ortho nitro benzene ring substituents is 1. The van der Waals surface area contributed by atoms with Crippen molar-refractivity contribution >= 4 is 11.6 Å². The number of carbonyl (C=O) groups is 1. The van der Waals surface area contributed by atoms with Gasteiger partial charge in [-0.2, -0.15) is 0 Å². The van der Waals surface area contributed by atoms with E-state index in [0.717, 1.165) is 25.0 Å². The van der Waals surface area contributed by atoms with Crippen LogP contribution in [0.25, 0.3) is 0 Å². The topological polar surface area (TPSA) is 63.5 Å². The minimum atomic E-state index is -0.668. The van der Waals surface area contributed by atoms with Gasteiger partial charge in [-0.3, -0.25) is 14.9 Å². The summed E-state index contributed by atoms with van der Waals surface area (Å²) in [5.74, 6) is -0.754. The average Bonchev–Trinajstić information content (AvgIpc) is 2.40. The Morgan fingerprint density at radius 2 is 2.20 bits per heavy atom. The first-order valence-electron chi connectivity index (χ1n) is 6.64. The van der Waals surface area contributed by atoms with Crippen LogP contribution in [0.2, 0.25) is 0 Å². The summed E-state index contributed by atoms with van der Waals surface area (Å²) in [5.41, 5.74) is -0.337. The van der Waals surface area contributed by atoms with Gasteiger partial charge in [0.2, 0.25) is 0 Å². The van der Waals surface area contributed by atoms with Gasteiger partial charge < -0.3 is 4.90 Å². The molecular weight excluding hydrogens is 263 g/mol. The molecule has 0 spiro atoms. The number of amides is 1. The molecule has 1 aromatic carbocycles. The maximum atomic E-state index is 14.1. The fourth-order valence-corrected chi connectivity index (χ4v) is 2.56. The van der Waals surface area contributed by atoms with E-state index in [4.69, 9.17) is 0 Å². The molecule has 1 aromatic rings. The Hall–Kier alpha value is -1.98. The van der Waals surface area contributed by atoms with Crippen LogP contribution < -0.4 is 0 Å². The Morgan fingerprint density at radius 3 is 2.80 bits per heavy atom. The standard InChI is InChI=1S/C14H17FN2O3/c1-9-4-3-5-16(8-9)14(18)12-7-11(17(19)20)6-10(2)13(12)15/h6-7,9H,3-5,8H2,1-2H3. The fraction of sp³-hybridized carbons (Fsp3) is 0.500. The molecule has 1 unspecified atom stereocenters. The molecule has 5 nitrogen and oxygen atoms in total. The van der Waals surface area contributed by atoms with Gasteiger partial charge in [-0.05, 0) is 31.2 Å². The number of rotatable bonds is 2. The second-order valence-corrected chi connectivity index (χ2v) is 5.38. The van der Waals surface area contributed by atoms with Crippen LogP contribution in [0.1, 0.15) is 35.7 Å². The van der Waals surface area contributed by atoms with Crippen LogP contribution >= 0.6 is 0 Å². The van der Waals surface area contributed by atoms with E-state index < -0.39 is 16.6 Å². The first kappa shape index (κ1) is 14.4. The van der Waals surface area contributed by atoms with Gasteiger partial charge in [0.05, 0.1) is 10.5 Å². The third kappa shape index (κ3) is 2.79. The van der Waals surface area contributed by atoms with Crippen molar-refractivity contribution in [1.29, 1.82) is 0 Å². The van der Waals surface area contributed by atoms with Gasteiger partial charge in [0.25, 0.3) is 11.6 Å². The predicted octanol–water partition coefficient (Wildman–Crippen LogP) is 2.91. The van der Waals surface area contributed by atoms with Crippen LogP contribution in [0.15, 0.2) is 12.1 Å². The third-order valence-corrected chi connectivity index (χ3v) is 3.62. The number of hydrogen-bond donors (Lipinski definition) is 0. The van der Waals surface area contributed by atoms with Gasteiger partial charge in [0.1, 0.15) is 5.82 Å². The second kappa shape index (κ2) is 5.56. The molecule has 1 fully saturated rings. The number of likely N-dealkylation sites (tertiary alicyclic amines) is 1.